The second kappa shape index (κ2) is 6.89. The highest BCUT2D eigenvalue weighted by molar-refractivity contribution is 7.89. The van der Waals surface area contributed by atoms with E-state index in [9.17, 15) is 8.42 Å². The molecule has 0 atom stereocenters. The molecule has 1 saturated carbocycles. The maximum atomic E-state index is 12.4. The molecular formula is C14H20ClNO3S. The van der Waals surface area contributed by atoms with Gasteiger partial charge in [-0.3, -0.25) is 0 Å². The Bertz CT molecular complexity index is 543. The van der Waals surface area contributed by atoms with Crippen LogP contribution in [0.25, 0.3) is 0 Å². The van der Waals surface area contributed by atoms with Crippen molar-refractivity contribution in [2.24, 2.45) is 5.92 Å². The van der Waals surface area contributed by atoms with Crippen LogP contribution in [0.1, 0.15) is 18.4 Å². The molecule has 0 bridgehead atoms. The molecule has 0 spiro atoms. The number of sulfonamides is 1. The van der Waals surface area contributed by atoms with Crippen molar-refractivity contribution in [1.29, 1.82) is 0 Å². The lowest BCUT2D eigenvalue weighted by atomic mass is 10.2. The van der Waals surface area contributed by atoms with E-state index in [4.69, 9.17) is 16.3 Å². The lowest BCUT2D eigenvalue weighted by molar-refractivity contribution is 0.117. The zero-order chi connectivity index (χ0) is 14.6. The molecular weight excluding hydrogens is 298 g/mol. The SMILES string of the molecule is CN(CCOCC1CC1)S(=O)(=O)c1cccc(CCl)c1. The van der Waals surface area contributed by atoms with Gasteiger partial charge in [0, 0.05) is 26.1 Å². The van der Waals surface area contributed by atoms with Gasteiger partial charge in [-0.15, -0.1) is 11.6 Å². The van der Waals surface area contributed by atoms with Gasteiger partial charge in [0.2, 0.25) is 10.0 Å². The van der Waals surface area contributed by atoms with E-state index in [1.54, 1.807) is 25.2 Å². The van der Waals surface area contributed by atoms with E-state index in [0.29, 0.717) is 24.9 Å². The largest absolute Gasteiger partial charge is 0.380 e. The number of halogens is 1. The molecule has 1 aliphatic rings. The first-order valence-corrected chi connectivity index (χ1v) is 8.70. The number of nitrogens with zero attached hydrogens (tertiary/aromatic N) is 1. The first kappa shape index (κ1) is 15.8. The highest BCUT2D eigenvalue weighted by Gasteiger charge is 2.23. The average Bonchev–Trinajstić information content (AvgIpc) is 3.27. The maximum Gasteiger partial charge on any atom is 0.242 e. The van der Waals surface area contributed by atoms with Crippen LogP contribution < -0.4 is 0 Å². The van der Waals surface area contributed by atoms with Gasteiger partial charge in [0.05, 0.1) is 11.5 Å². The summed E-state index contributed by atoms with van der Waals surface area (Å²) in [5.41, 5.74) is 0.797. The molecule has 0 aliphatic heterocycles. The molecule has 4 nitrogen and oxygen atoms in total. The first-order valence-electron chi connectivity index (χ1n) is 6.73. The van der Waals surface area contributed by atoms with Gasteiger partial charge < -0.3 is 4.74 Å². The van der Waals surface area contributed by atoms with Crippen molar-refractivity contribution in [2.45, 2.75) is 23.6 Å². The molecule has 0 amide bonds. The predicted molar refractivity (Wildman–Crippen MR) is 79.4 cm³/mol. The fourth-order valence-corrected chi connectivity index (χ4v) is 3.21. The summed E-state index contributed by atoms with van der Waals surface area (Å²) in [5.74, 6) is 0.995. The number of alkyl halides is 1. The molecule has 0 aromatic heterocycles. The van der Waals surface area contributed by atoms with E-state index in [1.807, 2.05) is 6.07 Å². The first-order chi connectivity index (χ1) is 9.54. The van der Waals surface area contributed by atoms with Crippen LogP contribution in [0.4, 0.5) is 0 Å². The van der Waals surface area contributed by atoms with Crippen molar-refractivity contribution in [1.82, 2.24) is 4.31 Å². The standard InChI is InChI=1S/C14H20ClNO3S/c1-16(7-8-19-11-12-5-6-12)20(17,18)14-4-2-3-13(9-14)10-15/h2-4,9,12H,5-8,10-11H2,1H3. The minimum Gasteiger partial charge on any atom is -0.380 e. The molecule has 20 heavy (non-hydrogen) atoms. The highest BCUT2D eigenvalue weighted by atomic mass is 35.5. The Morgan fingerprint density at radius 3 is 2.80 bits per heavy atom. The van der Waals surface area contributed by atoms with Gasteiger partial charge in [-0.2, -0.15) is 4.31 Å². The Morgan fingerprint density at radius 2 is 2.15 bits per heavy atom. The molecule has 0 heterocycles. The number of hydrogen-bond donors (Lipinski definition) is 0. The van der Waals surface area contributed by atoms with Gasteiger partial charge in [-0.25, -0.2) is 8.42 Å². The average molecular weight is 318 g/mol. The Balaban J connectivity index is 1.92. The van der Waals surface area contributed by atoms with Crippen LogP contribution in [-0.2, 0) is 20.6 Å². The summed E-state index contributed by atoms with van der Waals surface area (Å²) in [5, 5.41) is 0. The molecule has 1 fully saturated rings. The zero-order valence-corrected chi connectivity index (χ0v) is 13.2. The quantitative estimate of drug-likeness (QED) is 0.546. The van der Waals surface area contributed by atoms with Gasteiger partial charge in [-0.1, -0.05) is 12.1 Å². The molecule has 2 rings (SSSR count). The van der Waals surface area contributed by atoms with Gasteiger partial charge in [0.15, 0.2) is 0 Å². The number of rotatable bonds is 8. The van der Waals surface area contributed by atoms with Crippen molar-refractivity contribution in [3.63, 3.8) is 0 Å². The van der Waals surface area contributed by atoms with Crippen LogP contribution in [0, 0.1) is 5.92 Å². The Morgan fingerprint density at radius 1 is 1.40 bits per heavy atom. The number of hydrogen-bond acceptors (Lipinski definition) is 3. The number of ether oxygens (including phenoxy) is 1. The third-order valence-corrected chi connectivity index (χ3v) is 5.52. The molecule has 1 aromatic rings. The van der Waals surface area contributed by atoms with E-state index < -0.39 is 10.0 Å². The Kier molecular flexibility index (Phi) is 5.43. The second-order valence-electron chi connectivity index (χ2n) is 5.13. The van der Waals surface area contributed by atoms with Crippen molar-refractivity contribution in [2.75, 3.05) is 26.8 Å². The van der Waals surface area contributed by atoms with Crippen molar-refractivity contribution in [3.05, 3.63) is 29.8 Å². The van der Waals surface area contributed by atoms with Gasteiger partial charge in [0.1, 0.15) is 0 Å². The summed E-state index contributed by atoms with van der Waals surface area (Å²) in [6.07, 6.45) is 2.47. The lowest BCUT2D eigenvalue weighted by Crippen LogP contribution is -2.30. The van der Waals surface area contributed by atoms with Crippen LogP contribution in [0.2, 0.25) is 0 Å². The summed E-state index contributed by atoms with van der Waals surface area (Å²) in [4.78, 5) is 0.278. The Hall–Kier alpha value is -0.620. The van der Waals surface area contributed by atoms with Gasteiger partial charge in [0.25, 0.3) is 0 Å². The highest BCUT2D eigenvalue weighted by Crippen LogP contribution is 2.28. The predicted octanol–water partition coefficient (Wildman–Crippen LogP) is 2.47. The molecule has 0 radical (unpaired) electrons. The monoisotopic (exact) mass is 317 g/mol. The minimum absolute atomic E-state index is 0.278. The van der Waals surface area contributed by atoms with Crippen molar-refractivity contribution >= 4 is 21.6 Å². The van der Waals surface area contributed by atoms with E-state index in [1.165, 1.54) is 17.1 Å². The second-order valence-corrected chi connectivity index (χ2v) is 7.44. The normalized spacial score (nSPS) is 15.8. The molecule has 0 saturated heterocycles. The van der Waals surface area contributed by atoms with Gasteiger partial charge in [-0.05, 0) is 36.5 Å². The molecule has 0 unspecified atom stereocenters. The van der Waals surface area contributed by atoms with Crippen LogP contribution >= 0.6 is 11.6 Å². The number of benzene rings is 1. The minimum atomic E-state index is -3.46. The summed E-state index contributed by atoms with van der Waals surface area (Å²) in [6.45, 7) is 1.54. The molecule has 112 valence electrons. The van der Waals surface area contributed by atoms with Crippen LogP contribution in [0.3, 0.4) is 0 Å². The van der Waals surface area contributed by atoms with Crippen LogP contribution in [0.5, 0.6) is 0 Å². The summed E-state index contributed by atoms with van der Waals surface area (Å²) >= 11 is 5.74. The molecule has 1 aliphatic carbocycles. The fraction of sp³-hybridized carbons (Fsp3) is 0.571. The van der Waals surface area contributed by atoms with Crippen LogP contribution in [0.15, 0.2) is 29.2 Å². The van der Waals surface area contributed by atoms with E-state index in [0.717, 1.165) is 12.2 Å². The summed E-state index contributed by atoms with van der Waals surface area (Å²) < 4.78 is 31.5. The fourth-order valence-electron chi connectivity index (χ4n) is 1.82. The lowest BCUT2D eigenvalue weighted by Gasteiger charge is -2.17. The third-order valence-electron chi connectivity index (χ3n) is 3.36. The number of likely N-dealkylation sites (N-methyl/N-ethyl adjacent to an activating group) is 1. The smallest absolute Gasteiger partial charge is 0.242 e. The van der Waals surface area contributed by atoms with Crippen LogP contribution in [-0.4, -0.2) is 39.5 Å². The van der Waals surface area contributed by atoms with E-state index in [2.05, 4.69) is 0 Å². The Labute approximate surface area is 125 Å². The molecule has 0 N–H and O–H groups in total. The molecule has 1 aromatic carbocycles. The zero-order valence-electron chi connectivity index (χ0n) is 11.6. The van der Waals surface area contributed by atoms with Crippen molar-refractivity contribution in [3.8, 4) is 0 Å². The summed E-state index contributed by atoms with van der Waals surface area (Å²) in [7, 11) is -1.89. The van der Waals surface area contributed by atoms with E-state index in [-0.39, 0.29) is 4.90 Å². The van der Waals surface area contributed by atoms with Crippen molar-refractivity contribution < 1.29 is 13.2 Å². The third kappa shape index (κ3) is 4.19. The maximum absolute atomic E-state index is 12.4. The molecule has 6 heteroatoms. The van der Waals surface area contributed by atoms with E-state index >= 15 is 0 Å². The summed E-state index contributed by atoms with van der Waals surface area (Å²) in [6, 6.07) is 6.73. The topological polar surface area (TPSA) is 46.6 Å². The van der Waals surface area contributed by atoms with Gasteiger partial charge >= 0.3 is 0 Å².